The second kappa shape index (κ2) is 9.93. The molecule has 0 atom stereocenters. The number of fused-ring (bicyclic) bond motifs is 3. The van der Waals surface area contributed by atoms with Crippen molar-refractivity contribution in [2.45, 2.75) is 23.5 Å². The second-order valence-corrected chi connectivity index (χ2v) is 11.4. The molecule has 1 aliphatic rings. The number of benzene rings is 3. The SMILES string of the molecule is Cc1ccccc1NC(=O)CSc1ncc2c(n1)-c1cc(Cl)ccc1N(Cc1ccccc1)S2(=O)=O. The monoisotopic (exact) mass is 536 g/mol. The minimum absolute atomic E-state index is 0.00177. The highest BCUT2D eigenvalue weighted by Gasteiger charge is 2.37. The van der Waals surface area contributed by atoms with Crippen LogP contribution < -0.4 is 9.62 Å². The third kappa shape index (κ3) is 4.82. The number of anilines is 2. The average molecular weight is 537 g/mol. The van der Waals surface area contributed by atoms with Gasteiger partial charge in [0.2, 0.25) is 5.91 Å². The molecule has 182 valence electrons. The van der Waals surface area contributed by atoms with Gasteiger partial charge in [0.25, 0.3) is 10.0 Å². The molecule has 5 rings (SSSR count). The van der Waals surface area contributed by atoms with Crippen LogP contribution in [-0.4, -0.2) is 30.0 Å². The lowest BCUT2D eigenvalue weighted by Gasteiger charge is -2.31. The van der Waals surface area contributed by atoms with Crippen molar-refractivity contribution in [1.82, 2.24) is 9.97 Å². The van der Waals surface area contributed by atoms with Crippen molar-refractivity contribution in [1.29, 1.82) is 0 Å². The Morgan fingerprint density at radius 3 is 2.58 bits per heavy atom. The number of carbonyl (C=O) groups is 1. The van der Waals surface area contributed by atoms with Crippen molar-refractivity contribution in [3.8, 4) is 11.3 Å². The third-order valence-corrected chi connectivity index (χ3v) is 8.56. The minimum atomic E-state index is -3.92. The van der Waals surface area contributed by atoms with Gasteiger partial charge in [-0.15, -0.1) is 0 Å². The molecule has 1 N–H and O–H groups in total. The van der Waals surface area contributed by atoms with E-state index in [0.29, 0.717) is 21.4 Å². The second-order valence-electron chi connectivity index (χ2n) is 8.18. The summed E-state index contributed by atoms with van der Waals surface area (Å²) in [5, 5.41) is 3.63. The molecular formula is C26H21ClN4O3S2. The van der Waals surface area contributed by atoms with Gasteiger partial charge in [0.1, 0.15) is 4.90 Å². The topological polar surface area (TPSA) is 92.3 Å². The van der Waals surface area contributed by atoms with E-state index in [1.807, 2.05) is 61.5 Å². The molecule has 4 aromatic rings. The zero-order valence-corrected chi connectivity index (χ0v) is 21.6. The van der Waals surface area contributed by atoms with E-state index in [0.717, 1.165) is 28.6 Å². The maximum absolute atomic E-state index is 13.6. The summed E-state index contributed by atoms with van der Waals surface area (Å²) >= 11 is 7.42. The Kier molecular flexibility index (Phi) is 6.70. The standard InChI is InChI=1S/C26H21ClN4O3S2/c1-17-7-5-6-10-21(17)29-24(32)16-35-26-28-14-23-25(30-26)20-13-19(27)11-12-22(20)31(36(23,33)34)15-18-8-3-2-4-9-18/h2-14H,15-16H2,1H3,(H,29,32). The molecule has 0 saturated carbocycles. The molecule has 0 radical (unpaired) electrons. The zero-order chi connectivity index (χ0) is 25.3. The molecule has 0 spiro atoms. The summed E-state index contributed by atoms with van der Waals surface area (Å²) in [5.41, 5.74) is 3.90. The molecule has 0 aliphatic carbocycles. The van der Waals surface area contributed by atoms with E-state index in [2.05, 4.69) is 15.3 Å². The van der Waals surface area contributed by atoms with Crippen LogP contribution in [0.2, 0.25) is 5.02 Å². The van der Waals surface area contributed by atoms with Crippen molar-refractivity contribution in [3.05, 3.63) is 95.1 Å². The van der Waals surface area contributed by atoms with Gasteiger partial charge in [-0.2, -0.15) is 0 Å². The number of rotatable bonds is 6. The van der Waals surface area contributed by atoms with E-state index >= 15 is 0 Å². The lowest BCUT2D eigenvalue weighted by Crippen LogP contribution is -2.34. The molecule has 1 aromatic heterocycles. The summed E-state index contributed by atoms with van der Waals surface area (Å²) in [5.74, 6) is -0.136. The highest BCUT2D eigenvalue weighted by molar-refractivity contribution is 7.99. The first-order valence-electron chi connectivity index (χ1n) is 11.0. The molecule has 0 bridgehead atoms. The van der Waals surface area contributed by atoms with Crippen LogP contribution in [0.15, 0.2) is 89.0 Å². The van der Waals surface area contributed by atoms with Gasteiger partial charge >= 0.3 is 0 Å². The van der Waals surface area contributed by atoms with Crippen LogP contribution in [0.1, 0.15) is 11.1 Å². The van der Waals surface area contributed by atoms with Gasteiger partial charge in [0.15, 0.2) is 5.16 Å². The number of aryl methyl sites for hydroxylation is 1. The Balaban J connectivity index is 1.44. The highest BCUT2D eigenvalue weighted by Crippen LogP contribution is 2.44. The Hall–Kier alpha value is -3.40. The first-order chi connectivity index (χ1) is 17.3. The summed E-state index contributed by atoms with van der Waals surface area (Å²) in [6.45, 7) is 2.08. The summed E-state index contributed by atoms with van der Waals surface area (Å²) in [7, 11) is -3.92. The maximum atomic E-state index is 13.6. The van der Waals surface area contributed by atoms with Gasteiger partial charge in [-0.25, -0.2) is 18.4 Å². The molecule has 7 nitrogen and oxygen atoms in total. The summed E-state index contributed by atoms with van der Waals surface area (Å²) in [6, 6.07) is 21.9. The van der Waals surface area contributed by atoms with Crippen LogP contribution in [0.25, 0.3) is 11.3 Å². The Bertz CT molecular complexity index is 1560. The molecule has 2 heterocycles. The Morgan fingerprint density at radius 2 is 1.81 bits per heavy atom. The fourth-order valence-corrected chi connectivity index (χ4v) is 6.27. The number of thioether (sulfide) groups is 1. The van der Waals surface area contributed by atoms with E-state index in [-0.39, 0.29) is 28.8 Å². The third-order valence-electron chi connectivity index (χ3n) is 5.70. The number of carbonyl (C=O) groups excluding carboxylic acids is 1. The first kappa shape index (κ1) is 24.3. The predicted molar refractivity (Wildman–Crippen MR) is 143 cm³/mol. The van der Waals surface area contributed by atoms with Crippen LogP contribution in [0, 0.1) is 6.92 Å². The number of amides is 1. The van der Waals surface area contributed by atoms with Gasteiger partial charge in [-0.05, 0) is 42.3 Å². The predicted octanol–water partition coefficient (Wildman–Crippen LogP) is 5.55. The first-order valence-corrected chi connectivity index (χ1v) is 13.9. The zero-order valence-electron chi connectivity index (χ0n) is 19.2. The van der Waals surface area contributed by atoms with Crippen molar-refractivity contribution >= 4 is 50.7 Å². The Morgan fingerprint density at radius 1 is 1.06 bits per heavy atom. The van der Waals surface area contributed by atoms with Gasteiger partial charge in [0.05, 0.1) is 29.9 Å². The minimum Gasteiger partial charge on any atom is -0.325 e. The lowest BCUT2D eigenvalue weighted by atomic mass is 10.1. The number of hydrogen-bond donors (Lipinski definition) is 1. The largest absolute Gasteiger partial charge is 0.325 e. The summed E-state index contributed by atoms with van der Waals surface area (Å²) in [4.78, 5) is 21.3. The molecule has 36 heavy (non-hydrogen) atoms. The van der Waals surface area contributed by atoms with E-state index in [1.54, 1.807) is 18.2 Å². The molecule has 0 unspecified atom stereocenters. The van der Waals surface area contributed by atoms with E-state index in [1.165, 1.54) is 10.5 Å². The molecule has 3 aromatic carbocycles. The molecule has 0 fully saturated rings. The van der Waals surface area contributed by atoms with Crippen LogP contribution in [-0.2, 0) is 21.4 Å². The molecule has 0 saturated heterocycles. The van der Waals surface area contributed by atoms with Gasteiger partial charge in [0, 0.05) is 16.3 Å². The van der Waals surface area contributed by atoms with Crippen LogP contribution in [0.3, 0.4) is 0 Å². The van der Waals surface area contributed by atoms with Crippen molar-refractivity contribution < 1.29 is 13.2 Å². The number of sulfonamides is 1. The molecule has 1 amide bonds. The van der Waals surface area contributed by atoms with Gasteiger partial charge in [-0.3, -0.25) is 9.10 Å². The number of hydrogen-bond acceptors (Lipinski definition) is 6. The molecule has 1 aliphatic heterocycles. The van der Waals surface area contributed by atoms with E-state index < -0.39 is 10.0 Å². The molecule has 10 heteroatoms. The number of nitrogens with one attached hydrogen (secondary N) is 1. The maximum Gasteiger partial charge on any atom is 0.268 e. The highest BCUT2D eigenvalue weighted by atomic mass is 35.5. The van der Waals surface area contributed by atoms with Crippen molar-refractivity contribution in [2.24, 2.45) is 0 Å². The number of nitrogens with zero attached hydrogens (tertiary/aromatic N) is 3. The smallest absolute Gasteiger partial charge is 0.268 e. The van der Waals surface area contributed by atoms with Gasteiger partial charge in [-0.1, -0.05) is 71.9 Å². The summed E-state index contributed by atoms with van der Waals surface area (Å²) < 4.78 is 28.6. The average Bonchev–Trinajstić information content (AvgIpc) is 2.87. The summed E-state index contributed by atoms with van der Waals surface area (Å²) in [6.07, 6.45) is 1.31. The van der Waals surface area contributed by atoms with Gasteiger partial charge < -0.3 is 5.32 Å². The van der Waals surface area contributed by atoms with Crippen LogP contribution in [0.4, 0.5) is 11.4 Å². The fourth-order valence-electron chi connectivity index (χ4n) is 3.92. The van der Waals surface area contributed by atoms with E-state index in [4.69, 9.17) is 11.6 Å². The molecular weight excluding hydrogens is 516 g/mol. The van der Waals surface area contributed by atoms with Crippen molar-refractivity contribution in [2.75, 3.05) is 15.4 Å². The van der Waals surface area contributed by atoms with E-state index in [9.17, 15) is 13.2 Å². The quantitative estimate of drug-likeness (QED) is 0.257. The fraction of sp³-hybridized carbons (Fsp3) is 0.115. The number of halogens is 1. The number of para-hydroxylation sites is 1. The van der Waals surface area contributed by atoms with Crippen LogP contribution in [0.5, 0.6) is 0 Å². The van der Waals surface area contributed by atoms with Crippen molar-refractivity contribution in [3.63, 3.8) is 0 Å². The Labute approximate surface area is 218 Å². The lowest BCUT2D eigenvalue weighted by molar-refractivity contribution is -0.113. The normalized spacial score (nSPS) is 13.6. The number of aromatic nitrogens is 2. The van der Waals surface area contributed by atoms with Crippen LogP contribution >= 0.6 is 23.4 Å².